The molecule has 24 heavy (non-hydrogen) atoms. The minimum atomic E-state index is -0.252. The molecule has 0 aliphatic rings. The Hall–Kier alpha value is -2.24. The van der Waals surface area contributed by atoms with Crippen molar-refractivity contribution in [3.63, 3.8) is 0 Å². The number of likely N-dealkylation sites (N-methyl/N-ethyl adjacent to an activating group) is 1. The molecule has 0 unspecified atom stereocenters. The van der Waals surface area contributed by atoms with Crippen LogP contribution in [0.3, 0.4) is 0 Å². The summed E-state index contributed by atoms with van der Waals surface area (Å²) in [6, 6.07) is 9.27. The monoisotopic (exact) mass is 347 g/mol. The zero-order chi connectivity index (χ0) is 17.3. The number of halogens is 1. The average Bonchev–Trinajstić information content (AvgIpc) is 3.17. The van der Waals surface area contributed by atoms with Gasteiger partial charge in [0.15, 0.2) is 23.1 Å². The Bertz CT molecular complexity index is 853. The van der Waals surface area contributed by atoms with Gasteiger partial charge in [-0.1, -0.05) is 23.7 Å². The maximum atomic E-state index is 12.6. The highest BCUT2D eigenvalue weighted by Gasteiger charge is 2.24. The zero-order valence-electron chi connectivity index (χ0n) is 13.9. The van der Waals surface area contributed by atoms with Crippen molar-refractivity contribution in [2.75, 3.05) is 20.6 Å². The molecule has 0 fully saturated rings. The summed E-state index contributed by atoms with van der Waals surface area (Å²) in [6.45, 7) is 2.30. The number of nitrogens with one attached hydrogen (secondary N) is 2. The molecule has 0 saturated carbocycles. The average molecular weight is 348 g/mol. The van der Waals surface area contributed by atoms with Crippen LogP contribution in [-0.2, 0) is 0 Å². The van der Waals surface area contributed by atoms with Gasteiger partial charge in [0.2, 0.25) is 0 Å². The van der Waals surface area contributed by atoms with Crippen LogP contribution in [0, 0.1) is 6.92 Å². The van der Waals surface area contributed by atoms with E-state index in [0.29, 0.717) is 22.9 Å². The molecule has 3 rings (SSSR count). The fraction of sp³-hybridized carbons (Fsp3) is 0.278. The lowest BCUT2D eigenvalue weighted by Crippen LogP contribution is -3.07. The molecule has 6 heteroatoms. The van der Waals surface area contributed by atoms with Crippen molar-refractivity contribution in [2.24, 2.45) is 0 Å². The fourth-order valence-electron chi connectivity index (χ4n) is 2.78. The maximum absolute atomic E-state index is 12.6. The highest BCUT2D eigenvalue weighted by molar-refractivity contribution is 6.35. The molecular weight excluding hydrogens is 328 g/mol. The maximum Gasteiger partial charge on any atom is 0.287 e. The summed E-state index contributed by atoms with van der Waals surface area (Å²) in [5.74, 6) is 0.877. The Morgan fingerprint density at radius 3 is 2.71 bits per heavy atom. The molecule has 0 aliphatic carbocycles. The Morgan fingerprint density at radius 2 is 2.08 bits per heavy atom. The lowest BCUT2D eigenvalue weighted by Gasteiger charge is -2.19. The lowest BCUT2D eigenvalue weighted by atomic mass is 10.1. The molecule has 0 radical (unpaired) electrons. The molecule has 3 aromatic rings. The molecule has 1 amide bonds. The van der Waals surface area contributed by atoms with Gasteiger partial charge in [-0.25, -0.2) is 0 Å². The predicted molar refractivity (Wildman–Crippen MR) is 92.6 cm³/mol. The predicted octanol–water partition coefficient (Wildman–Crippen LogP) is 2.60. The van der Waals surface area contributed by atoms with Gasteiger partial charge in [-0.15, -0.1) is 0 Å². The van der Waals surface area contributed by atoms with Crippen LogP contribution in [0.25, 0.3) is 11.0 Å². The molecular formula is C18H20ClN2O3+. The molecule has 5 nitrogen and oxygen atoms in total. The van der Waals surface area contributed by atoms with Gasteiger partial charge in [-0.3, -0.25) is 4.79 Å². The number of hydrogen-bond donors (Lipinski definition) is 2. The van der Waals surface area contributed by atoms with E-state index in [-0.39, 0.29) is 11.9 Å². The van der Waals surface area contributed by atoms with Crippen LogP contribution in [-0.4, -0.2) is 26.5 Å². The van der Waals surface area contributed by atoms with E-state index in [1.54, 1.807) is 12.3 Å². The summed E-state index contributed by atoms with van der Waals surface area (Å²) in [6.07, 6.45) is 1.64. The third kappa shape index (κ3) is 3.05. The molecule has 1 aromatic carbocycles. The second kappa shape index (κ2) is 6.71. The number of quaternary nitrogens is 1. The SMILES string of the molecule is Cc1c(C(=O)NC[C@@H](c2ccco2)[NH+](C)C)oc2c(Cl)cccc12. The Kier molecular flexibility index (Phi) is 4.64. The highest BCUT2D eigenvalue weighted by atomic mass is 35.5. The Morgan fingerprint density at radius 1 is 1.29 bits per heavy atom. The first-order chi connectivity index (χ1) is 11.5. The van der Waals surface area contributed by atoms with Crippen molar-refractivity contribution in [3.8, 4) is 0 Å². The van der Waals surface area contributed by atoms with Crippen molar-refractivity contribution >= 4 is 28.5 Å². The second-order valence-corrected chi connectivity index (χ2v) is 6.44. The molecule has 2 aromatic heterocycles. The van der Waals surface area contributed by atoms with Gasteiger partial charge in [0.05, 0.1) is 31.9 Å². The molecule has 0 aliphatic heterocycles. The number of amides is 1. The fourth-order valence-corrected chi connectivity index (χ4v) is 2.99. The van der Waals surface area contributed by atoms with Crippen LogP contribution in [0.2, 0.25) is 5.02 Å². The van der Waals surface area contributed by atoms with Crippen LogP contribution >= 0.6 is 11.6 Å². The topological polar surface area (TPSA) is 59.8 Å². The van der Waals surface area contributed by atoms with E-state index in [4.69, 9.17) is 20.4 Å². The third-order valence-corrected chi connectivity index (χ3v) is 4.47. The molecule has 2 N–H and O–H groups in total. The zero-order valence-corrected chi connectivity index (χ0v) is 14.6. The van der Waals surface area contributed by atoms with E-state index in [9.17, 15) is 4.79 Å². The second-order valence-electron chi connectivity index (χ2n) is 6.03. The number of aryl methyl sites for hydroxylation is 1. The number of carbonyl (C=O) groups excluding carboxylic acids is 1. The first-order valence-electron chi connectivity index (χ1n) is 7.78. The largest absolute Gasteiger partial charge is 0.463 e. The number of fused-ring (bicyclic) bond motifs is 1. The Labute approximate surface area is 145 Å². The van der Waals surface area contributed by atoms with Crippen molar-refractivity contribution in [1.29, 1.82) is 0 Å². The van der Waals surface area contributed by atoms with Crippen molar-refractivity contribution in [2.45, 2.75) is 13.0 Å². The van der Waals surface area contributed by atoms with E-state index in [1.807, 2.05) is 45.3 Å². The highest BCUT2D eigenvalue weighted by Crippen LogP contribution is 2.30. The first-order valence-corrected chi connectivity index (χ1v) is 8.16. The van der Waals surface area contributed by atoms with Crippen LogP contribution in [0.1, 0.15) is 27.9 Å². The minimum absolute atomic E-state index is 0.0252. The minimum Gasteiger partial charge on any atom is -0.463 e. The molecule has 1 atom stereocenters. The van der Waals surface area contributed by atoms with E-state index in [2.05, 4.69) is 5.32 Å². The van der Waals surface area contributed by atoms with E-state index in [0.717, 1.165) is 21.6 Å². The summed E-state index contributed by atoms with van der Waals surface area (Å²) in [7, 11) is 4.04. The van der Waals surface area contributed by atoms with Crippen LogP contribution in [0.15, 0.2) is 45.4 Å². The van der Waals surface area contributed by atoms with Crippen LogP contribution < -0.4 is 10.2 Å². The van der Waals surface area contributed by atoms with Gasteiger partial charge in [-0.2, -0.15) is 0 Å². The number of rotatable bonds is 5. The van der Waals surface area contributed by atoms with E-state index in [1.165, 1.54) is 0 Å². The first kappa shape index (κ1) is 16.6. The normalized spacial score (nSPS) is 12.7. The summed E-state index contributed by atoms with van der Waals surface area (Å²) in [5.41, 5.74) is 1.33. The number of para-hydroxylation sites is 1. The number of carbonyl (C=O) groups is 1. The van der Waals surface area contributed by atoms with Crippen molar-refractivity contribution < 1.29 is 18.5 Å². The van der Waals surface area contributed by atoms with Crippen molar-refractivity contribution in [3.05, 3.63) is 58.7 Å². The van der Waals surface area contributed by atoms with Gasteiger partial charge >= 0.3 is 0 Å². The van der Waals surface area contributed by atoms with Crippen molar-refractivity contribution in [1.82, 2.24) is 5.32 Å². The molecule has 2 heterocycles. The molecule has 0 bridgehead atoms. The van der Waals surface area contributed by atoms with Gasteiger partial charge in [0, 0.05) is 10.9 Å². The number of benzene rings is 1. The van der Waals surface area contributed by atoms with Gasteiger partial charge in [0.1, 0.15) is 0 Å². The summed E-state index contributed by atoms with van der Waals surface area (Å²) < 4.78 is 11.2. The Balaban J connectivity index is 1.80. The standard InChI is InChI=1S/C18H19ClN2O3/c1-11-12-6-4-7-13(19)17(12)24-16(11)18(22)20-10-14(21(2)3)15-8-5-9-23-15/h4-9,14H,10H2,1-3H3,(H,20,22)/p+1/t14-/m0/s1. The third-order valence-electron chi connectivity index (χ3n) is 4.17. The van der Waals surface area contributed by atoms with E-state index >= 15 is 0 Å². The van der Waals surface area contributed by atoms with Crippen LogP contribution in [0.5, 0.6) is 0 Å². The number of furan rings is 2. The summed E-state index contributed by atoms with van der Waals surface area (Å²) in [5, 5.41) is 4.29. The van der Waals surface area contributed by atoms with Gasteiger partial charge < -0.3 is 19.1 Å². The van der Waals surface area contributed by atoms with E-state index < -0.39 is 0 Å². The summed E-state index contributed by atoms with van der Waals surface area (Å²) in [4.78, 5) is 13.7. The van der Waals surface area contributed by atoms with Gasteiger partial charge in [-0.05, 0) is 25.1 Å². The molecule has 126 valence electrons. The lowest BCUT2D eigenvalue weighted by molar-refractivity contribution is -0.891. The summed E-state index contributed by atoms with van der Waals surface area (Å²) >= 11 is 6.14. The smallest absolute Gasteiger partial charge is 0.287 e. The number of hydrogen-bond acceptors (Lipinski definition) is 3. The molecule has 0 saturated heterocycles. The van der Waals surface area contributed by atoms with Gasteiger partial charge in [0.25, 0.3) is 5.91 Å². The molecule has 0 spiro atoms. The quantitative estimate of drug-likeness (QED) is 0.746. The van der Waals surface area contributed by atoms with Crippen LogP contribution in [0.4, 0.5) is 0 Å².